The van der Waals surface area contributed by atoms with E-state index in [0.717, 1.165) is 5.56 Å². The molecule has 0 saturated carbocycles. The van der Waals surface area contributed by atoms with Gasteiger partial charge in [0.05, 0.1) is 21.3 Å². The Balaban J connectivity index is 2.01. The van der Waals surface area contributed by atoms with E-state index in [4.69, 9.17) is 18.9 Å². The van der Waals surface area contributed by atoms with Crippen molar-refractivity contribution in [3.05, 3.63) is 45.8 Å². The Labute approximate surface area is 142 Å². The van der Waals surface area contributed by atoms with Gasteiger partial charge in [0.15, 0.2) is 17.2 Å². The number of rotatable bonds is 5. The maximum absolute atomic E-state index is 12.0. The molecule has 1 aromatic heterocycles. The van der Waals surface area contributed by atoms with Crippen LogP contribution < -0.4 is 14.2 Å². The average molecular weight is 345 g/mol. The molecule has 0 N–H and O–H groups in total. The van der Waals surface area contributed by atoms with Gasteiger partial charge in [-0.3, -0.25) is 0 Å². The van der Waals surface area contributed by atoms with E-state index in [1.807, 2.05) is 16.8 Å². The van der Waals surface area contributed by atoms with Crippen molar-refractivity contribution in [3.63, 3.8) is 0 Å². The van der Waals surface area contributed by atoms with E-state index in [1.165, 1.54) is 21.3 Å². The lowest BCUT2D eigenvalue weighted by Crippen LogP contribution is -2.06. The van der Waals surface area contributed by atoms with Gasteiger partial charge in [-0.2, -0.15) is 11.3 Å². The first-order valence-electron chi connectivity index (χ1n) is 7.01. The molecule has 0 atom stereocenters. The summed E-state index contributed by atoms with van der Waals surface area (Å²) in [7, 11) is 4.56. The van der Waals surface area contributed by atoms with Gasteiger partial charge < -0.3 is 18.9 Å². The monoisotopic (exact) mass is 345 g/mol. The number of methoxy groups -OCH3 is 3. The Morgan fingerprint density at radius 1 is 1.12 bits per heavy atom. The van der Waals surface area contributed by atoms with Gasteiger partial charge in [0.1, 0.15) is 0 Å². The topological polar surface area (TPSA) is 66.4 Å². The second-order valence-electron chi connectivity index (χ2n) is 4.81. The summed E-state index contributed by atoms with van der Waals surface area (Å²) < 4.78 is 21.2. The summed E-state index contributed by atoms with van der Waals surface area (Å²) >= 11 is 1.54. The second kappa shape index (κ2) is 6.76. The molecule has 1 aliphatic heterocycles. The molecule has 0 fully saturated rings. The van der Waals surface area contributed by atoms with Crippen LogP contribution in [0.1, 0.15) is 11.1 Å². The van der Waals surface area contributed by atoms with E-state index in [1.54, 1.807) is 29.5 Å². The molecule has 7 heteroatoms. The van der Waals surface area contributed by atoms with Crippen molar-refractivity contribution in [2.75, 3.05) is 21.3 Å². The Morgan fingerprint density at radius 3 is 2.38 bits per heavy atom. The van der Waals surface area contributed by atoms with Crippen molar-refractivity contribution in [3.8, 4) is 17.2 Å². The van der Waals surface area contributed by atoms with Crippen LogP contribution in [0.5, 0.6) is 17.2 Å². The first kappa shape index (κ1) is 16.1. The standard InChI is InChI=1S/C17H15NO5S/c1-20-13-7-11(8-14(21-2)15(13)22-3)16-18-12(17(19)23-16)6-10-4-5-24-9-10/h4-9H,1-3H3/b12-6+. The molecular formula is C17H15NO5S. The summed E-state index contributed by atoms with van der Waals surface area (Å²) in [6.07, 6.45) is 1.68. The molecule has 0 saturated heterocycles. The minimum atomic E-state index is -0.495. The van der Waals surface area contributed by atoms with Crippen LogP contribution in [0.3, 0.4) is 0 Å². The van der Waals surface area contributed by atoms with Gasteiger partial charge in [0.25, 0.3) is 0 Å². The number of hydrogen-bond donors (Lipinski definition) is 0. The van der Waals surface area contributed by atoms with Crippen LogP contribution in [0.4, 0.5) is 0 Å². The molecule has 0 aliphatic carbocycles. The molecule has 1 aliphatic rings. The molecule has 2 aromatic rings. The van der Waals surface area contributed by atoms with Crippen molar-refractivity contribution < 1.29 is 23.7 Å². The molecule has 0 bridgehead atoms. The van der Waals surface area contributed by atoms with Crippen molar-refractivity contribution in [2.45, 2.75) is 0 Å². The molecule has 24 heavy (non-hydrogen) atoms. The fourth-order valence-corrected chi connectivity index (χ4v) is 2.87. The molecule has 0 amide bonds. The normalized spacial score (nSPS) is 15.2. The van der Waals surface area contributed by atoms with Gasteiger partial charge in [0.2, 0.25) is 11.6 Å². The first-order chi connectivity index (χ1) is 11.7. The summed E-state index contributed by atoms with van der Waals surface area (Å²) in [4.78, 5) is 16.3. The Kier molecular flexibility index (Phi) is 4.52. The van der Waals surface area contributed by atoms with Crippen molar-refractivity contribution in [1.82, 2.24) is 0 Å². The zero-order valence-corrected chi connectivity index (χ0v) is 14.2. The average Bonchev–Trinajstić information content (AvgIpc) is 3.24. The SMILES string of the molecule is COc1cc(C2=N/C(=C/c3ccsc3)C(=O)O2)cc(OC)c1OC. The highest BCUT2D eigenvalue weighted by atomic mass is 32.1. The molecule has 0 spiro atoms. The summed E-state index contributed by atoms with van der Waals surface area (Å²) in [6, 6.07) is 5.26. The summed E-state index contributed by atoms with van der Waals surface area (Å²) in [5.41, 5.74) is 1.71. The number of nitrogens with zero attached hydrogens (tertiary/aromatic N) is 1. The first-order valence-corrected chi connectivity index (χ1v) is 7.95. The van der Waals surface area contributed by atoms with E-state index in [0.29, 0.717) is 22.8 Å². The van der Waals surface area contributed by atoms with Gasteiger partial charge in [-0.1, -0.05) is 0 Å². The number of ether oxygens (including phenoxy) is 4. The van der Waals surface area contributed by atoms with E-state index in [9.17, 15) is 4.79 Å². The van der Waals surface area contributed by atoms with Gasteiger partial charge in [-0.05, 0) is 40.6 Å². The summed E-state index contributed by atoms with van der Waals surface area (Å²) in [5.74, 6) is 1.08. The number of aliphatic imine (C=N–C) groups is 1. The van der Waals surface area contributed by atoms with Crippen molar-refractivity contribution in [1.29, 1.82) is 0 Å². The van der Waals surface area contributed by atoms with Gasteiger partial charge in [0, 0.05) is 5.56 Å². The lowest BCUT2D eigenvalue weighted by molar-refractivity contribution is -0.129. The Hall–Kier alpha value is -2.80. The number of esters is 1. The fourth-order valence-electron chi connectivity index (χ4n) is 2.25. The third-order valence-corrected chi connectivity index (χ3v) is 4.08. The smallest absolute Gasteiger partial charge is 0.363 e. The van der Waals surface area contributed by atoms with Crippen LogP contribution in [0.15, 0.2) is 39.6 Å². The molecule has 0 radical (unpaired) electrons. The molecule has 2 heterocycles. The Morgan fingerprint density at radius 2 is 1.83 bits per heavy atom. The molecule has 3 rings (SSSR count). The highest BCUT2D eigenvalue weighted by Gasteiger charge is 2.26. The Bertz CT molecular complexity index is 799. The zero-order valence-electron chi connectivity index (χ0n) is 13.4. The quantitative estimate of drug-likeness (QED) is 0.615. The molecular weight excluding hydrogens is 330 g/mol. The third kappa shape index (κ3) is 2.98. The highest BCUT2D eigenvalue weighted by molar-refractivity contribution is 7.08. The summed E-state index contributed by atoms with van der Waals surface area (Å²) in [5, 5.41) is 3.85. The molecule has 0 unspecified atom stereocenters. The van der Waals surface area contributed by atoms with Crippen molar-refractivity contribution in [2.24, 2.45) is 4.99 Å². The maximum atomic E-state index is 12.0. The van der Waals surface area contributed by atoms with E-state index in [2.05, 4.69) is 4.99 Å². The number of carbonyl (C=O) groups is 1. The molecule has 1 aromatic carbocycles. The minimum Gasteiger partial charge on any atom is -0.493 e. The fraction of sp³-hybridized carbons (Fsp3) is 0.176. The van der Waals surface area contributed by atoms with Crippen molar-refractivity contribution >= 4 is 29.3 Å². The third-order valence-electron chi connectivity index (χ3n) is 3.38. The van der Waals surface area contributed by atoms with E-state index in [-0.39, 0.29) is 11.6 Å². The maximum Gasteiger partial charge on any atom is 0.363 e. The number of cyclic esters (lactones) is 1. The van der Waals surface area contributed by atoms with Gasteiger partial charge in [-0.25, -0.2) is 9.79 Å². The summed E-state index contributed by atoms with van der Waals surface area (Å²) in [6.45, 7) is 0. The lowest BCUT2D eigenvalue weighted by Gasteiger charge is -2.13. The van der Waals surface area contributed by atoms with Crippen LogP contribution in [0, 0.1) is 0 Å². The predicted molar refractivity (Wildman–Crippen MR) is 91.0 cm³/mol. The molecule has 6 nitrogen and oxygen atoms in total. The largest absolute Gasteiger partial charge is 0.493 e. The number of thiophene rings is 1. The zero-order chi connectivity index (χ0) is 17.1. The predicted octanol–water partition coefficient (Wildman–Crippen LogP) is 3.12. The van der Waals surface area contributed by atoms with Gasteiger partial charge >= 0.3 is 5.97 Å². The van der Waals surface area contributed by atoms with Crippen LogP contribution in [0.2, 0.25) is 0 Å². The second-order valence-corrected chi connectivity index (χ2v) is 5.59. The van der Waals surface area contributed by atoms with E-state index < -0.39 is 5.97 Å². The van der Waals surface area contributed by atoms with E-state index >= 15 is 0 Å². The number of benzene rings is 1. The van der Waals surface area contributed by atoms with Crippen LogP contribution in [-0.4, -0.2) is 33.2 Å². The van der Waals surface area contributed by atoms with Crippen LogP contribution >= 0.6 is 11.3 Å². The highest BCUT2D eigenvalue weighted by Crippen LogP contribution is 2.39. The molecule has 124 valence electrons. The lowest BCUT2D eigenvalue weighted by atomic mass is 10.1. The minimum absolute atomic E-state index is 0.195. The van der Waals surface area contributed by atoms with Gasteiger partial charge in [-0.15, -0.1) is 0 Å². The van der Waals surface area contributed by atoms with Crippen LogP contribution in [0.25, 0.3) is 6.08 Å². The number of carbonyl (C=O) groups excluding carboxylic acids is 1. The van der Waals surface area contributed by atoms with Crippen LogP contribution in [-0.2, 0) is 9.53 Å². The number of hydrogen-bond acceptors (Lipinski definition) is 7.